The summed E-state index contributed by atoms with van der Waals surface area (Å²) in [7, 11) is 0. The molecule has 94 valence electrons. The molecule has 2 aromatic rings. The van der Waals surface area contributed by atoms with E-state index < -0.39 is 23.5 Å². The van der Waals surface area contributed by atoms with Gasteiger partial charge in [-0.25, -0.2) is 13.2 Å². The van der Waals surface area contributed by atoms with Gasteiger partial charge in [-0.05, 0) is 30.2 Å². The third kappa shape index (κ3) is 2.09. The molecule has 1 aromatic carbocycles. The van der Waals surface area contributed by atoms with Crippen LogP contribution in [-0.4, -0.2) is 4.98 Å². The quantitative estimate of drug-likeness (QED) is 0.835. The van der Waals surface area contributed by atoms with Gasteiger partial charge in [0, 0.05) is 18.0 Å². The van der Waals surface area contributed by atoms with Gasteiger partial charge in [-0.2, -0.15) is 0 Å². The van der Waals surface area contributed by atoms with Crippen molar-refractivity contribution in [1.82, 2.24) is 4.98 Å². The van der Waals surface area contributed by atoms with Crippen LogP contribution in [-0.2, 0) is 0 Å². The number of halogens is 3. The van der Waals surface area contributed by atoms with Crippen molar-refractivity contribution in [2.45, 2.75) is 13.0 Å². The predicted molar refractivity (Wildman–Crippen MR) is 61.3 cm³/mol. The van der Waals surface area contributed by atoms with Crippen LogP contribution < -0.4 is 5.73 Å². The summed E-state index contributed by atoms with van der Waals surface area (Å²) in [6.45, 7) is 1.79. The molecule has 1 unspecified atom stereocenters. The van der Waals surface area contributed by atoms with Gasteiger partial charge in [0.15, 0.2) is 17.5 Å². The monoisotopic (exact) mass is 252 g/mol. The van der Waals surface area contributed by atoms with Gasteiger partial charge in [0.1, 0.15) is 0 Å². The summed E-state index contributed by atoms with van der Waals surface area (Å²) in [5.41, 5.74) is 7.15. The minimum absolute atomic E-state index is 0.0926. The molecule has 0 saturated carbocycles. The molecule has 2 nitrogen and oxygen atoms in total. The number of aryl methyl sites for hydroxylation is 1. The molecule has 0 saturated heterocycles. The Hall–Kier alpha value is -1.88. The Bertz CT molecular complexity index is 584. The van der Waals surface area contributed by atoms with E-state index in [4.69, 9.17) is 5.73 Å². The second-order valence-electron chi connectivity index (χ2n) is 3.97. The predicted octanol–water partition coefficient (Wildman–Crippen LogP) is 2.86. The van der Waals surface area contributed by atoms with E-state index in [1.54, 1.807) is 19.2 Å². The first-order valence-corrected chi connectivity index (χ1v) is 5.32. The summed E-state index contributed by atoms with van der Waals surface area (Å²) in [6.07, 6.45) is 3.06. The Kier molecular flexibility index (Phi) is 3.34. The zero-order chi connectivity index (χ0) is 13.3. The highest BCUT2D eigenvalue weighted by Crippen LogP contribution is 2.26. The number of benzene rings is 1. The molecule has 2 rings (SSSR count). The van der Waals surface area contributed by atoms with Crippen molar-refractivity contribution in [2.75, 3.05) is 0 Å². The van der Waals surface area contributed by atoms with E-state index in [1.165, 1.54) is 6.20 Å². The summed E-state index contributed by atoms with van der Waals surface area (Å²) in [6, 6.07) is 2.84. The highest BCUT2D eigenvalue weighted by molar-refractivity contribution is 5.35. The normalized spacial score (nSPS) is 12.5. The number of hydrogen-bond acceptors (Lipinski definition) is 2. The molecule has 0 radical (unpaired) electrons. The van der Waals surface area contributed by atoms with Crippen LogP contribution in [0.5, 0.6) is 0 Å². The van der Waals surface area contributed by atoms with Gasteiger partial charge >= 0.3 is 0 Å². The molecule has 0 amide bonds. The van der Waals surface area contributed by atoms with Gasteiger partial charge < -0.3 is 5.73 Å². The average Bonchev–Trinajstić information content (AvgIpc) is 2.36. The first-order valence-electron chi connectivity index (χ1n) is 5.32. The third-order valence-electron chi connectivity index (χ3n) is 2.81. The molecule has 5 heteroatoms. The fourth-order valence-electron chi connectivity index (χ4n) is 1.75. The minimum atomic E-state index is -1.51. The first-order chi connectivity index (χ1) is 8.52. The summed E-state index contributed by atoms with van der Waals surface area (Å²) >= 11 is 0. The number of nitrogens with two attached hydrogens (primary N) is 1. The molecule has 0 aliphatic heterocycles. The minimum Gasteiger partial charge on any atom is -0.320 e. The van der Waals surface area contributed by atoms with Crippen LogP contribution in [0.1, 0.15) is 22.7 Å². The Balaban J connectivity index is 2.50. The SMILES string of the molecule is Cc1ccncc1C(N)c1ccc(F)c(F)c1F. The van der Waals surface area contributed by atoms with Crippen molar-refractivity contribution in [3.63, 3.8) is 0 Å². The maximum atomic E-state index is 13.6. The van der Waals surface area contributed by atoms with Gasteiger partial charge in [0.25, 0.3) is 0 Å². The molecule has 0 bridgehead atoms. The van der Waals surface area contributed by atoms with E-state index in [-0.39, 0.29) is 5.56 Å². The van der Waals surface area contributed by atoms with Gasteiger partial charge in [-0.15, -0.1) is 0 Å². The Labute approximate surface area is 102 Å². The standard InChI is InChI=1S/C13H11F3N2/c1-7-4-5-18-6-9(7)13(17)8-2-3-10(14)12(16)11(8)15/h2-6,13H,17H2,1H3. The van der Waals surface area contributed by atoms with Gasteiger partial charge in [0.2, 0.25) is 0 Å². The molecule has 1 heterocycles. The summed E-state index contributed by atoms with van der Waals surface area (Å²) in [5, 5.41) is 0. The highest BCUT2D eigenvalue weighted by Gasteiger charge is 2.20. The van der Waals surface area contributed by atoms with E-state index in [9.17, 15) is 13.2 Å². The fraction of sp³-hybridized carbons (Fsp3) is 0.154. The van der Waals surface area contributed by atoms with E-state index in [1.807, 2.05) is 0 Å². The fourth-order valence-corrected chi connectivity index (χ4v) is 1.75. The summed E-state index contributed by atoms with van der Waals surface area (Å²) in [4.78, 5) is 3.89. The maximum Gasteiger partial charge on any atom is 0.194 e. The third-order valence-corrected chi connectivity index (χ3v) is 2.81. The Morgan fingerprint density at radius 2 is 1.78 bits per heavy atom. The zero-order valence-corrected chi connectivity index (χ0v) is 9.62. The molecule has 1 atom stereocenters. The van der Waals surface area contributed by atoms with Crippen molar-refractivity contribution in [3.8, 4) is 0 Å². The first kappa shape index (κ1) is 12.6. The second kappa shape index (κ2) is 4.78. The van der Waals surface area contributed by atoms with Crippen LogP contribution in [0.3, 0.4) is 0 Å². The van der Waals surface area contributed by atoms with E-state index in [2.05, 4.69) is 4.98 Å². The largest absolute Gasteiger partial charge is 0.320 e. The molecule has 0 aliphatic carbocycles. The number of rotatable bonds is 2. The van der Waals surface area contributed by atoms with Crippen molar-refractivity contribution >= 4 is 0 Å². The van der Waals surface area contributed by atoms with Gasteiger partial charge in [-0.3, -0.25) is 4.98 Å². The molecule has 1 aromatic heterocycles. The zero-order valence-electron chi connectivity index (χ0n) is 9.62. The van der Waals surface area contributed by atoms with E-state index >= 15 is 0 Å². The number of hydrogen-bond donors (Lipinski definition) is 1. The van der Waals surface area contributed by atoms with Crippen LogP contribution >= 0.6 is 0 Å². The second-order valence-corrected chi connectivity index (χ2v) is 3.97. The highest BCUT2D eigenvalue weighted by atomic mass is 19.2. The van der Waals surface area contributed by atoms with Crippen LogP contribution in [0.15, 0.2) is 30.6 Å². The van der Waals surface area contributed by atoms with E-state index in [0.29, 0.717) is 5.56 Å². The van der Waals surface area contributed by atoms with Crippen molar-refractivity contribution in [3.05, 3.63) is 64.7 Å². The van der Waals surface area contributed by atoms with Crippen molar-refractivity contribution in [1.29, 1.82) is 0 Å². The lowest BCUT2D eigenvalue weighted by molar-refractivity contribution is 0.438. The molecule has 0 aliphatic rings. The maximum absolute atomic E-state index is 13.6. The summed E-state index contributed by atoms with van der Waals surface area (Å²) in [5.74, 6) is -4.00. The number of pyridine rings is 1. The smallest absolute Gasteiger partial charge is 0.194 e. The lowest BCUT2D eigenvalue weighted by atomic mass is 9.97. The van der Waals surface area contributed by atoms with Gasteiger partial charge in [-0.1, -0.05) is 6.07 Å². The van der Waals surface area contributed by atoms with Gasteiger partial charge in [0.05, 0.1) is 6.04 Å². The molecular formula is C13H11F3N2. The lowest BCUT2D eigenvalue weighted by Crippen LogP contribution is -2.16. The molecule has 18 heavy (non-hydrogen) atoms. The lowest BCUT2D eigenvalue weighted by Gasteiger charge is -2.15. The number of nitrogens with zero attached hydrogens (tertiary/aromatic N) is 1. The number of aromatic nitrogens is 1. The molecule has 2 N–H and O–H groups in total. The van der Waals surface area contributed by atoms with Crippen molar-refractivity contribution in [2.24, 2.45) is 5.73 Å². The Morgan fingerprint density at radius 3 is 2.44 bits per heavy atom. The van der Waals surface area contributed by atoms with E-state index in [0.717, 1.165) is 17.7 Å². The summed E-state index contributed by atoms with van der Waals surface area (Å²) < 4.78 is 39.6. The molecular weight excluding hydrogens is 241 g/mol. The molecule has 0 spiro atoms. The van der Waals surface area contributed by atoms with Crippen molar-refractivity contribution < 1.29 is 13.2 Å². The Morgan fingerprint density at radius 1 is 1.06 bits per heavy atom. The van der Waals surface area contributed by atoms with Crippen LogP contribution in [0.2, 0.25) is 0 Å². The molecule has 0 fully saturated rings. The van der Waals surface area contributed by atoms with Crippen LogP contribution in [0.25, 0.3) is 0 Å². The topological polar surface area (TPSA) is 38.9 Å². The van der Waals surface area contributed by atoms with Crippen LogP contribution in [0, 0.1) is 24.4 Å². The average molecular weight is 252 g/mol. The van der Waals surface area contributed by atoms with Crippen LogP contribution in [0.4, 0.5) is 13.2 Å².